The van der Waals surface area contributed by atoms with Gasteiger partial charge in [-0.1, -0.05) is 6.07 Å². The lowest BCUT2D eigenvalue weighted by Crippen LogP contribution is -2.36. The molecule has 7 nitrogen and oxygen atoms in total. The van der Waals surface area contributed by atoms with Crippen LogP contribution in [-0.4, -0.2) is 48.1 Å². The summed E-state index contributed by atoms with van der Waals surface area (Å²) in [6.07, 6.45) is 1.84. The van der Waals surface area contributed by atoms with Gasteiger partial charge in [-0.15, -0.1) is 0 Å². The molecule has 0 bridgehead atoms. The molecular weight excluding hydrogens is 506 g/mol. The van der Waals surface area contributed by atoms with Crippen molar-refractivity contribution in [2.75, 3.05) is 43.2 Å². The summed E-state index contributed by atoms with van der Waals surface area (Å²) in [5.41, 5.74) is 7.87. The lowest BCUT2D eigenvalue weighted by atomic mass is 9.96. The number of benzene rings is 2. The molecule has 2 aliphatic heterocycles. The number of aryl methyl sites for hydroxylation is 1. The Morgan fingerprint density at radius 1 is 0.923 bits per heavy atom. The van der Waals surface area contributed by atoms with Crippen LogP contribution in [0.4, 0.5) is 11.4 Å². The molecule has 0 spiro atoms. The third-order valence-electron chi connectivity index (χ3n) is 7.72. The predicted molar refractivity (Wildman–Crippen MR) is 159 cm³/mol. The minimum Gasteiger partial charge on any atom is -0.497 e. The summed E-state index contributed by atoms with van der Waals surface area (Å²) < 4.78 is 13.2. The molecule has 0 unspecified atom stereocenters. The molecule has 2 aromatic heterocycles. The molecule has 0 radical (unpaired) electrons. The highest BCUT2D eigenvalue weighted by Gasteiger charge is 2.42. The third kappa shape index (κ3) is 4.75. The smallest absolute Gasteiger partial charge is 0.174 e. The fraction of sp³-hybridized carbons (Fsp3) is 0.290. The summed E-state index contributed by atoms with van der Waals surface area (Å²) in [6, 6.07) is 25.1. The number of hydrogen-bond acceptors (Lipinski definition) is 5. The average Bonchev–Trinajstić information content (AvgIpc) is 3.48. The molecule has 200 valence electrons. The highest BCUT2D eigenvalue weighted by Crippen LogP contribution is 2.44. The first kappa shape index (κ1) is 25.4. The van der Waals surface area contributed by atoms with Gasteiger partial charge < -0.3 is 29.2 Å². The molecule has 0 amide bonds. The second kappa shape index (κ2) is 10.7. The van der Waals surface area contributed by atoms with Crippen LogP contribution < -0.4 is 19.9 Å². The summed E-state index contributed by atoms with van der Waals surface area (Å²) >= 11 is 5.98. The Morgan fingerprint density at radius 3 is 2.28 bits per heavy atom. The van der Waals surface area contributed by atoms with Crippen LogP contribution in [-0.2, 0) is 4.74 Å². The molecule has 0 aliphatic carbocycles. The van der Waals surface area contributed by atoms with Crippen molar-refractivity contribution in [1.29, 1.82) is 0 Å². The van der Waals surface area contributed by atoms with E-state index in [1.54, 1.807) is 7.11 Å². The Balaban J connectivity index is 1.42. The number of morpholine rings is 1. The van der Waals surface area contributed by atoms with E-state index in [4.69, 9.17) is 26.7 Å². The number of hydrogen-bond donors (Lipinski definition) is 1. The molecule has 39 heavy (non-hydrogen) atoms. The molecule has 2 aliphatic rings. The van der Waals surface area contributed by atoms with Crippen LogP contribution in [0.2, 0.25) is 0 Å². The van der Waals surface area contributed by atoms with Gasteiger partial charge in [0.1, 0.15) is 5.75 Å². The Morgan fingerprint density at radius 2 is 1.62 bits per heavy atom. The summed E-state index contributed by atoms with van der Waals surface area (Å²) in [5, 5.41) is 4.30. The van der Waals surface area contributed by atoms with Crippen molar-refractivity contribution in [2.24, 2.45) is 0 Å². The van der Waals surface area contributed by atoms with E-state index in [-0.39, 0.29) is 12.1 Å². The van der Waals surface area contributed by atoms with Crippen LogP contribution >= 0.6 is 12.2 Å². The van der Waals surface area contributed by atoms with E-state index in [1.807, 2.05) is 30.5 Å². The van der Waals surface area contributed by atoms with Gasteiger partial charge >= 0.3 is 0 Å². The molecule has 0 saturated carbocycles. The molecule has 2 aromatic carbocycles. The van der Waals surface area contributed by atoms with Crippen LogP contribution in [0, 0.1) is 13.8 Å². The average molecular weight is 540 g/mol. The van der Waals surface area contributed by atoms with Crippen LogP contribution in [0.3, 0.4) is 0 Å². The summed E-state index contributed by atoms with van der Waals surface area (Å²) in [4.78, 5) is 9.34. The second-order valence-corrected chi connectivity index (χ2v) is 10.4. The van der Waals surface area contributed by atoms with Crippen molar-refractivity contribution in [3.8, 4) is 11.4 Å². The van der Waals surface area contributed by atoms with Crippen molar-refractivity contribution < 1.29 is 9.47 Å². The molecular formula is C31H33N5O2S. The van der Waals surface area contributed by atoms with Crippen LogP contribution in [0.1, 0.15) is 34.7 Å². The van der Waals surface area contributed by atoms with E-state index in [2.05, 4.69) is 82.1 Å². The molecule has 6 rings (SSSR count). The van der Waals surface area contributed by atoms with Gasteiger partial charge in [-0.3, -0.25) is 4.98 Å². The number of nitrogens with zero attached hydrogens (tertiary/aromatic N) is 4. The molecule has 1 N–H and O–H groups in total. The lowest BCUT2D eigenvalue weighted by Gasteiger charge is -2.31. The zero-order valence-corrected chi connectivity index (χ0v) is 23.3. The summed E-state index contributed by atoms with van der Waals surface area (Å²) in [6.45, 7) is 7.68. The van der Waals surface area contributed by atoms with Crippen LogP contribution in [0.5, 0.6) is 5.75 Å². The number of thiocarbonyl (C=S) groups is 1. The first-order valence-electron chi connectivity index (χ1n) is 13.3. The molecule has 2 atom stereocenters. The largest absolute Gasteiger partial charge is 0.497 e. The maximum Gasteiger partial charge on any atom is 0.174 e. The van der Waals surface area contributed by atoms with Gasteiger partial charge in [0.15, 0.2) is 5.11 Å². The summed E-state index contributed by atoms with van der Waals surface area (Å²) in [7, 11) is 1.69. The van der Waals surface area contributed by atoms with Crippen LogP contribution in [0.25, 0.3) is 5.69 Å². The Kier molecular flexibility index (Phi) is 6.97. The maximum absolute atomic E-state index is 5.98. The molecule has 2 saturated heterocycles. The normalized spacial score (nSPS) is 19.3. The third-order valence-corrected chi connectivity index (χ3v) is 8.04. The minimum absolute atomic E-state index is 0.0696. The fourth-order valence-electron chi connectivity index (χ4n) is 5.81. The van der Waals surface area contributed by atoms with Gasteiger partial charge in [0.05, 0.1) is 38.1 Å². The molecule has 4 aromatic rings. The second-order valence-electron chi connectivity index (χ2n) is 9.97. The summed E-state index contributed by atoms with van der Waals surface area (Å²) in [5.74, 6) is 0.841. The Bertz CT molecular complexity index is 1450. The minimum atomic E-state index is -0.0950. The van der Waals surface area contributed by atoms with Gasteiger partial charge in [-0.2, -0.15) is 0 Å². The topological polar surface area (TPSA) is 54.8 Å². The standard InChI is InChI=1S/C31H33N5O2S/c1-21-20-27(22(2)35(21)24-11-13-26(37-3)14-12-24)30-29(28-6-4-5-15-32-28)33-31(39)36(30)25-9-7-23(8-10-25)34-16-18-38-19-17-34/h4-15,20,29-30H,16-19H2,1-3H3,(H,33,39)/t29-,30+/m0/s1. The van der Waals surface area contributed by atoms with Crippen LogP contribution in [0.15, 0.2) is 79.0 Å². The van der Waals surface area contributed by atoms with Gasteiger partial charge in [0.2, 0.25) is 0 Å². The van der Waals surface area contributed by atoms with Gasteiger partial charge in [0.25, 0.3) is 0 Å². The van der Waals surface area contributed by atoms with E-state index in [9.17, 15) is 0 Å². The van der Waals surface area contributed by atoms with Crippen molar-refractivity contribution in [1.82, 2.24) is 14.9 Å². The zero-order valence-electron chi connectivity index (χ0n) is 22.5. The number of methoxy groups -OCH3 is 1. The Hall–Kier alpha value is -3.88. The number of nitrogens with one attached hydrogen (secondary N) is 1. The first-order valence-corrected chi connectivity index (χ1v) is 13.7. The molecule has 2 fully saturated rings. The lowest BCUT2D eigenvalue weighted by molar-refractivity contribution is 0.122. The van der Waals surface area contributed by atoms with Crippen molar-refractivity contribution in [3.05, 3.63) is 102 Å². The monoisotopic (exact) mass is 539 g/mol. The van der Waals surface area contributed by atoms with Gasteiger partial charge in [-0.25, -0.2) is 0 Å². The number of ether oxygens (including phenoxy) is 2. The van der Waals surface area contributed by atoms with E-state index in [0.29, 0.717) is 5.11 Å². The quantitative estimate of drug-likeness (QED) is 0.324. The highest BCUT2D eigenvalue weighted by molar-refractivity contribution is 7.80. The maximum atomic E-state index is 5.98. The Labute approximate surface area is 235 Å². The number of rotatable bonds is 6. The molecule has 8 heteroatoms. The fourth-order valence-corrected chi connectivity index (χ4v) is 6.16. The number of aromatic nitrogens is 2. The van der Waals surface area contributed by atoms with Crippen molar-refractivity contribution >= 4 is 28.7 Å². The van der Waals surface area contributed by atoms with Crippen molar-refractivity contribution in [3.63, 3.8) is 0 Å². The molecule has 4 heterocycles. The van der Waals surface area contributed by atoms with Gasteiger partial charge in [0, 0.05) is 47.7 Å². The highest BCUT2D eigenvalue weighted by atomic mass is 32.1. The van der Waals surface area contributed by atoms with E-state index < -0.39 is 0 Å². The van der Waals surface area contributed by atoms with Gasteiger partial charge in [-0.05, 0) is 98.4 Å². The number of anilines is 2. The van der Waals surface area contributed by atoms with Crippen molar-refractivity contribution in [2.45, 2.75) is 25.9 Å². The van der Waals surface area contributed by atoms with E-state index in [0.717, 1.165) is 54.8 Å². The van der Waals surface area contributed by atoms with E-state index in [1.165, 1.54) is 16.9 Å². The van der Waals surface area contributed by atoms with E-state index >= 15 is 0 Å². The SMILES string of the molecule is COc1ccc(-n2c(C)cc([C@@H]3[C@H](c4ccccn4)NC(=S)N3c3ccc(N4CCOCC4)cc3)c2C)cc1. The predicted octanol–water partition coefficient (Wildman–Crippen LogP) is 5.51. The first-order chi connectivity index (χ1) is 19.0. The zero-order chi connectivity index (χ0) is 26.9. The number of pyridine rings is 1.